The maximum absolute atomic E-state index is 12.9. The van der Waals surface area contributed by atoms with Gasteiger partial charge in [0.25, 0.3) is 11.8 Å². The van der Waals surface area contributed by atoms with Gasteiger partial charge in [0.05, 0.1) is 0 Å². The Hall–Kier alpha value is -2.87. The van der Waals surface area contributed by atoms with Crippen molar-refractivity contribution in [1.82, 2.24) is 4.90 Å². The lowest BCUT2D eigenvalue weighted by Gasteiger charge is -2.27. The van der Waals surface area contributed by atoms with Gasteiger partial charge >= 0.3 is 0 Å². The van der Waals surface area contributed by atoms with E-state index in [1.54, 1.807) is 13.0 Å². The van der Waals surface area contributed by atoms with Crippen LogP contribution in [0.4, 0.5) is 5.69 Å². The van der Waals surface area contributed by atoms with Crippen LogP contribution >= 0.6 is 0 Å². The molecule has 0 saturated carbocycles. The SMILES string of the molecule is CCCCCCN1C(=O)C(=Cc2ccc(N(C)C)cc2)C(C)=C(C#N)C1=O. The predicted molar refractivity (Wildman–Crippen MR) is 108 cm³/mol. The molecule has 0 radical (unpaired) electrons. The summed E-state index contributed by atoms with van der Waals surface area (Å²) in [6.07, 6.45) is 5.63. The number of nitrogens with zero attached hydrogens (tertiary/aromatic N) is 3. The van der Waals surface area contributed by atoms with Gasteiger partial charge in [0.15, 0.2) is 0 Å². The molecule has 1 heterocycles. The number of rotatable bonds is 7. The van der Waals surface area contributed by atoms with E-state index in [-0.39, 0.29) is 11.5 Å². The molecule has 0 bridgehead atoms. The molecule has 142 valence electrons. The first kappa shape index (κ1) is 20.4. The predicted octanol–water partition coefficient (Wildman–Crippen LogP) is 3.93. The number of anilines is 1. The lowest BCUT2D eigenvalue weighted by atomic mass is 9.93. The van der Waals surface area contributed by atoms with E-state index in [9.17, 15) is 14.9 Å². The van der Waals surface area contributed by atoms with E-state index >= 15 is 0 Å². The standard InChI is InChI=1S/C22H27N3O2/c1-5-6-7-8-13-25-21(26)19(16(2)20(15-23)22(25)27)14-17-9-11-18(12-10-17)24(3)4/h9-12,14H,5-8,13H2,1-4H3. The highest BCUT2D eigenvalue weighted by Crippen LogP contribution is 2.27. The number of benzene rings is 1. The van der Waals surface area contributed by atoms with Crippen molar-refractivity contribution in [2.24, 2.45) is 0 Å². The molecule has 5 heteroatoms. The lowest BCUT2D eigenvalue weighted by Crippen LogP contribution is -2.43. The van der Waals surface area contributed by atoms with Gasteiger partial charge in [-0.25, -0.2) is 0 Å². The number of amides is 2. The van der Waals surface area contributed by atoms with Gasteiger partial charge in [-0.3, -0.25) is 14.5 Å². The molecule has 2 amide bonds. The molecule has 0 N–H and O–H groups in total. The summed E-state index contributed by atoms with van der Waals surface area (Å²) >= 11 is 0. The zero-order chi connectivity index (χ0) is 20.0. The fourth-order valence-corrected chi connectivity index (χ4v) is 3.06. The molecule has 5 nitrogen and oxygen atoms in total. The number of carbonyl (C=O) groups is 2. The fourth-order valence-electron chi connectivity index (χ4n) is 3.06. The highest BCUT2D eigenvalue weighted by Gasteiger charge is 2.34. The molecule has 0 fully saturated rings. The van der Waals surface area contributed by atoms with E-state index in [1.807, 2.05) is 49.3 Å². The normalized spacial score (nSPS) is 16.1. The van der Waals surface area contributed by atoms with Crippen LogP contribution < -0.4 is 4.90 Å². The first-order valence-corrected chi connectivity index (χ1v) is 9.37. The molecular formula is C22H27N3O2. The summed E-state index contributed by atoms with van der Waals surface area (Å²) < 4.78 is 0. The summed E-state index contributed by atoms with van der Waals surface area (Å²) in [5.41, 5.74) is 2.85. The van der Waals surface area contributed by atoms with Crippen molar-refractivity contribution < 1.29 is 9.59 Å². The molecule has 1 aliphatic heterocycles. The van der Waals surface area contributed by atoms with Crippen LogP contribution in [0, 0.1) is 11.3 Å². The molecule has 0 unspecified atom stereocenters. The van der Waals surface area contributed by atoms with Crippen molar-refractivity contribution in [3.05, 3.63) is 46.5 Å². The van der Waals surface area contributed by atoms with Crippen LogP contribution in [0.3, 0.4) is 0 Å². The smallest absolute Gasteiger partial charge is 0.271 e. The second-order valence-electron chi connectivity index (χ2n) is 6.98. The molecule has 2 rings (SSSR count). The summed E-state index contributed by atoms with van der Waals surface area (Å²) in [6, 6.07) is 9.78. The van der Waals surface area contributed by atoms with Gasteiger partial charge in [0, 0.05) is 31.9 Å². The zero-order valence-electron chi connectivity index (χ0n) is 16.6. The van der Waals surface area contributed by atoms with Crippen molar-refractivity contribution in [1.29, 1.82) is 5.26 Å². The molecule has 0 aliphatic carbocycles. The Kier molecular flexibility index (Phi) is 6.95. The maximum atomic E-state index is 12.9. The van der Waals surface area contributed by atoms with Gasteiger partial charge in [-0.15, -0.1) is 0 Å². The highest BCUT2D eigenvalue weighted by atomic mass is 16.2. The van der Waals surface area contributed by atoms with Gasteiger partial charge in [0.1, 0.15) is 11.6 Å². The van der Waals surface area contributed by atoms with Gasteiger partial charge < -0.3 is 4.90 Å². The molecule has 0 atom stereocenters. The Morgan fingerprint density at radius 2 is 1.74 bits per heavy atom. The van der Waals surface area contributed by atoms with E-state index in [4.69, 9.17) is 0 Å². The minimum absolute atomic E-state index is 0.0567. The van der Waals surface area contributed by atoms with Gasteiger partial charge in [0.2, 0.25) is 0 Å². The monoisotopic (exact) mass is 365 g/mol. The maximum Gasteiger partial charge on any atom is 0.271 e. The molecule has 1 aromatic rings. The Morgan fingerprint density at radius 3 is 2.30 bits per heavy atom. The van der Waals surface area contributed by atoms with Crippen molar-refractivity contribution in [2.75, 3.05) is 25.5 Å². The Morgan fingerprint density at radius 1 is 1.07 bits per heavy atom. The number of unbranched alkanes of at least 4 members (excludes halogenated alkanes) is 3. The van der Waals surface area contributed by atoms with E-state index < -0.39 is 5.91 Å². The van der Waals surface area contributed by atoms with Gasteiger partial charge in [-0.05, 0) is 42.7 Å². The first-order chi connectivity index (χ1) is 12.9. The molecule has 0 spiro atoms. The second kappa shape index (κ2) is 9.18. The number of nitriles is 1. The topological polar surface area (TPSA) is 64.4 Å². The van der Waals surface area contributed by atoms with Crippen LogP contribution in [-0.2, 0) is 9.59 Å². The number of carbonyl (C=O) groups excluding carboxylic acids is 2. The van der Waals surface area contributed by atoms with Crippen molar-refractivity contribution in [3.63, 3.8) is 0 Å². The summed E-state index contributed by atoms with van der Waals surface area (Å²) in [5.74, 6) is -0.790. The average Bonchev–Trinajstić information content (AvgIpc) is 2.65. The third kappa shape index (κ3) is 4.65. The van der Waals surface area contributed by atoms with E-state index in [1.165, 1.54) is 4.90 Å². The van der Waals surface area contributed by atoms with Crippen molar-refractivity contribution in [2.45, 2.75) is 39.5 Å². The summed E-state index contributed by atoms with van der Waals surface area (Å²) in [6.45, 7) is 4.13. The van der Waals surface area contributed by atoms with Crippen molar-refractivity contribution in [3.8, 4) is 6.07 Å². The van der Waals surface area contributed by atoms with Gasteiger partial charge in [-0.2, -0.15) is 5.26 Å². The zero-order valence-corrected chi connectivity index (χ0v) is 16.6. The summed E-state index contributed by atoms with van der Waals surface area (Å²) in [7, 11) is 3.93. The second-order valence-corrected chi connectivity index (χ2v) is 6.98. The minimum atomic E-state index is -0.475. The van der Waals surface area contributed by atoms with E-state index in [0.717, 1.165) is 36.9 Å². The fraction of sp³-hybridized carbons (Fsp3) is 0.409. The number of imide groups is 1. The van der Waals surface area contributed by atoms with Crippen LogP contribution in [0.1, 0.15) is 45.1 Å². The molecule has 27 heavy (non-hydrogen) atoms. The molecule has 1 aromatic carbocycles. The van der Waals surface area contributed by atoms with Crippen LogP contribution in [0.15, 0.2) is 41.0 Å². The van der Waals surface area contributed by atoms with E-state index in [2.05, 4.69) is 6.92 Å². The Labute approximate surface area is 161 Å². The third-order valence-corrected chi connectivity index (χ3v) is 4.78. The Balaban J connectivity index is 2.35. The molecule has 1 aliphatic rings. The first-order valence-electron chi connectivity index (χ1n) is 9.37. The quantitative estimate of drug-likeness (QED) is 0.417. The van der Waals surface area contributed by atoms with Crippen LogP contribution in [0.25, 0.3) is 6.08 Å². The summed E-state index contributed by atoms with van der Waals surface area (Å²) in [4.78, 5) is 28.7. The van der Waals surface area contributed by atoms with Crippen LogP contribution in [-0.4, -0.2) is 37.4 Å². The number of hydrogen-bond acceptors (Lipinski definition) is 4. The van der Waals surface area contributed by atoms with Gasteiger partial charge in [-0.1, -0.05) is 38.3 Å². The Bertz CT molecular complexity index is 811. The lowest BCUT2D eigenvalue weighted by molar-refractivity contribution is -0.140. The molecule has 0 saturated heterocycles. The average molecular weight is 365 g/mol. The minimum Gasteiger partial charge on any atom is -0.378 e. The number of hydrogen-bond donors (Lipinski definition) is 0. The van der Waals surface area contributed by atoms with E-state index in [0.29, 0.717) is 17.7 Å². The largest absolute Gasteiger partial charge is 0.378 e. The molecule has 0 aromatic heterocycles. The third-order valence-electron chi connectivity index (χ3n) is 4.78. The van der Waals surface area contributed by atoms with Crippen molar-refractivity contribution >= 4 is 23.6 Å². The highest BCUT2D eigenvalue weighted by molar-refractivity contribution is 6.19. The van der Waals surface area contributed by atoms with Crippen LogP contribution in [0.5, 0.6) is 0 Å². The van der Waals surface area contributed by atoms with Crippen LogP contribution in [0.2, 0.25) is 0 Å². The summed E-state index contributed by atoms with van der Waals surface area (Å²) in [5, 5.41) is 9.43. The molecular weight excluding hydrogens is 338 g/mol.